The van der Waals surface area contributed by atoms with E-state index in [4.69, 9.17) is 0 Å². The van der Waals surface area contributed by atoms with Gasteiger partial charge in [0.15, 0.2) is 0 Å². The highest BCUT2D eigenvalue weighted by atomic mass is 32.3. The lowest BCUT2D eigenvalue weighted by Gasteiger charge is -2.24. The average Bonchev–Trinajstić information content (AvgIpc) is 2.37. The summed E-state index contributed by atoms with van der Waals surface area (Å²) >= 11 is 0. The van der Waals surface area contributed by atoms with Crippen molar-refractivity contribution < 1.29 is 16.8 Å². The molecule has 0 amide bonds. The number of aryl methyl sites for hydroxylation is 1. The Kier molecular flexibility index (Phi) is 7.09. The zero-order chi connectivity index (χ0) is 16.8. The summed E-state index contributed by atoms with van der Waals surface area (Å²) in [7, 11) is -5.54. The molecule has 0 aliphatic carbocycles. The fraction of sp³-hybridized carbons (Fsp3) is 0.562. The lowest BCUT2D eigenvalue weighted by molar-refractivity contribution is -0.116. The summed E-state index contributed by atoms with van der Waals surface area (Å²) in [5, 5.41) is 0. The highest BCUT2D eigenvalue weighted by Crippen LogP contribution is 2.41. The van der Waals surface area contributed by atoms with Crippen LogP contribution in [0.2, 0.25) is 0 Å². The summed E-state index contributed by atoms with van der Waals surface area (Å²) < 4.78 is 28.7. The molecule has 0 saturated carbocycles. The van der Waals surface area contributed by atoms with E-state index in [0.29, 0.717) is 6.42 Å². The maximum Gasteiger partial charge on any atom is 0.421 e. The molecule has 0 saturated heterocycles. The Balaban J connectivity index is 2.69. The zero-order valence-corrected chi connectivity index (χ0v) is 15.5. The van der Waals surface area contributed by atoms with Gasteiger partial charge in [0.25, 0.3) is 0 Å². The quantitative estimate of drug-likeness (QED) is 0.386. The number of hydrogen-bond donors (Lipinski definition) is 0. The van der Waals surface area contributed by atoms with Crippen molar-refractivity contribution in [2.45, 2.75) is 44.4 Å². The molecule has 22 heavy (non-hydrogen) atoms. The molecular weight excluding hydrogens is 320 g/mol. The number of carbonyl (C=O) groups excluding carboxylic acids is 1. The molecule has 0 heterocycles. The van der Waals surface area contributed by atoms with Gasteiger partial charge >= 0.3 is 10.1 Å². The summed E-state index contributed by atoms with van der Waals surface area (Å²) in [5.74, 6) is 0.346. The van der Waals surface area contributed by atoms with Gasteiger partial charge < -0.3 is 0 Å². The molecule has 0 unspecified atom stereocenters. The van der Waals surface area contributed by atoms with Gasteiger partial charge in [-0.25, -0.2) is 0 Å². The van der Waals surface area contributed by atoms with E-state index >= 15 is 0 Å². The van der Waals surface area contributed by atoms with Gasteiger partial charge in [0, 0.05) is 18.9 Å². The van der Waals surface area contributed by atoms with Gasteiger partial charge in [0.05, 0.1) is 5.75 Å². The second kappa shape index (κ2) is 8.13. The number of hydrogen-bond acceptors (Lipinski definition) is 3. The molecule has 1 rings (SSSR count). The van der Waals surface area contributed by atoms with E-state index < -0.39 is 20.4 Å². The van der Waals surface area contributed by atoms with Crippen LogP contribution >= 0.6 is 10.3 Å². The normalized spacial score (nSPS) is 13.1. The lowest BCUT2D eigenvalue weighted by atomic mass is 10.2. The lowest BCUT2D eigenvalue weighted by Crippen LogP contribution is -2.21. The van der Waals surface area contributed by atoms with E-state index in [1.807, 2.05) is 6.92 Å². The molecule has 4 nitrogen and oxygen atoms in total. The van der Waals surface area contributed by atoms with Gasteiger partial charge in [-0.2, -0.15) is 0 Å². The maximum atomic E-state index is 12.3. The van der Waals surface area contributed by atoms with Gasteiger partial charge in [-0.1, -0.05) is 37.5 Å². The zero-order valence-electron chi connectivity index (χ0n) is 13.8. The minimum atomic E-state index is -3.70. The van der Waals surface area contributed by atoms with Crippen molar-refractivity contribution in [2.75, 3.05) is 18.3 Å². The molecule has 0 aliphatic heterocycles. The average molecular weight is 348 g/mol. The van der Waals surface area contributed by atoms with E-state index in [1.54, 1.807) is 36.8 Å². The van der Waals surface area contributed by atoms with E-state index in [0.717, 1.165) is 24.8 Å². The molecule has 0 fully saturated rings. The third kappa shape index (κ3) is 6.50. The highest BCUT2D eigenvalue weighted by molar-refractivity contribution is 8.31. The van der Waals surface area contributed by atoms with Crippen LogP contribution in [0.25, 0.3) is 0 Å². The molecule has 0 spiro atoms. The van der Waals surface area contributed by atoms with Gasteiger partial charge in [0.2, 0.25) is 0 Å². The van der Waals surface area contributed by atoms with E-state index in [9.17, 15) is 13.2 Å². The summed E-state index contributed by atoms with van der Waals surface area (Å²) in [5.41, 5.74) is 0.997. The van der Waals surface area contributed by atoms with Crippen molar-refractivity contribution in [3.8, 4) is 0 Å². The maximum absolute atomic E-state index is 12.3. The minimum absolute atomic E-state index is 0.108. The second-order valence-electron chi connectivity index (χ2n) is 5.98. The molecule has 0 aromatic heterocycles. The van der Waals surface area contributed by atoms with Crippen LogP contribution in [0.1, 0.15) is 38.2 Å². The molecule has 1 N–H and O–H groups in total. The van der Waals surface area contributed by atoms with Gasteiger partial charge in [-0.05, 0) is 35.8 Å². The van der Waals surface area contributed by atoms with Crippen LogP contribution in [0.3, 0.4) is 0 Å². The van der Waals surface area contributed by atoms with Crippen LogP contribution in [0.4, 0.5) is 0 Å². The monoisotopic (exact) mass is 347 g/mol. The van der Waals surface area contributed by atoms with Gasteiger partial charge in [-0.15, -0.1) is 8.42 Å². The first-order chi connectivity index (χ1) is 10.2. The molecule has 1 aromatic rings. The van der Waals surface area contributed by atoms with Crippen LogP contribution in [0.15, 0.2) is 29.2 Å². The Morgan fingerprint density at radius 3 is 2.23 bits per heavy atom. The van der Waals surface area contributed by atoms with Crippen molar-refractivity contribution in [3.63, 3.8) is 0 Å². The molecule has 0 aliphatic rings. The fourth-order valence-corrected chi connectivity index (χ4v) is 6.18. The second-order valence-corrected chi connectivity index (χ2v) is 11.2. The SMILES string of the molecule is CCCCCC(=O)CS(C)(C)[OH+]S(=O)(=O)c1ccc(C)cc1. The first-order valence-electron chi connectivity index (χ1n) is 7.45. The molecular formula is C16H27O4S2+. The smallest absolute Gasteiger partial charge is 0.299 e. The summed E-state index contributed by atoms with van der Waals surface area (Å²) in [6, 6.07) is 6.63. The third-order valence-electron chi connectivity index (χ3n) is 3.19. The predicted molar refractivity (Wildman–Crippen MR) is 94.4 cm³/mol. The molecule has 6 heteroatoms. The third-order valence-corrected chi connectivity index (χ3v) is 7.49. The van der Waals surface area contributed by atoms with Crippen LogP contribution in [0, 0.1) is 6.92 Å². The van der Waals surface area contributed by atoms with Crippen molar-refractivity contribution in [1.29, 1.82) is 0 Å². The Morgan fingerprint density at radius 2 is 1.68 bits per heavy atom. The van der Waals surface area contributed by atoms with Crippen LogP contribution < -0.4 is 0 Å². The highest BCUT2D eigenvalue weighted by Gasteiger charge is 2.31. The van der Waals surface area contributed by atoms with E-state index in [2.05, 4.69) is 10.6 Å². The summed E-state index contributed by atoms with van der Waals surface area (Å²) in [6.07, 6.45) is 7.03. The Morgan fingerprint density at radius 1 is 1.09 bits per heavy atom. The molecule has 0 atom stereocenters. The van der Waals surface area contributed by atoms with E-state index in [-0.39, 0.29) is 16.4 Å². The fourth-order valence-electron chi connectivity index (χ4n) is 2.08. The van der Waals surface area contributed by atoms with Crippen molar-refractivity contribution in [3.05, 3.63) is 29.8 Å². The van der Waals surface area contributed by atoms with Crippen molar-refractivity contribution in [1.82, 2.24) is 0 Å². The predicted octanol–water partition coefficient (Wildman–Crippen LogP) is 3.91. The standard InChI is InChI=1S/C16H26O4S2/c1-5-6-7-8-15(17)13-21(3,4)20-22(18,19)16-11-9-14(2)10-12-16/h9-12H,5-8,13H2,1-4H3/p+1. The first kappa shape index (κ1) is 19.2. The largest absolute Gasteiger partial charge is 0.421 e. The van der Waals surface area contributed by atoms with Crippen LogP contribution in [0.5, 0.6) is 0 Å². The summed E-state index contributed by atoms with van der Waals surface area (Å²) in [6.45, 7) is 3.99. The van der Waals surface area contributed by atoms with Gasteiger partial charge in [-0.3, -0.25) is 8.42 Å². The number of Topliss-reactive ketones (excluding diaryl/α,β-unsaturated/α-hetero) is 1. The molecule has 126 valence electrons. The summed E-state index contributed by atoms with van der Waals surface area (Å²) in [4.78, 5) is 12.2. The topological polar surface area (TPSA) is 64.0 Å². The van der Waals surface area contributed by atoms with Gasteiger partial charge in [0.1, 0.15) is 10.7 Å². The Hall–Kier alpha value is -0.850. The Labute approximate surface area is 135 Å². The number of unbranched alkanes of at least 4 members (excludes halogenated alkanes) is 2. The van der Waals surface area contributed by atoms with Crippen molar-refractivity contribution >= 4 is 26.2 Å². The van der Waals surface area contributed by atoms with Crippen molar-refractivity contribution in [2.24, 2.45) is 0 Å². The Bertz CT molecular complexity index is 589. The number of rotatable bonds is 9. The first-order valence-corrected chi connectivity index (χ1v) is 11.5. The van der Waals surface area contributed by atoms with Crippen LogP contribution in [-0.4, -0.2) is 36.1 Å². The number of ketones is 1. The molecule has 1 aromatic carbocycles. The minimum Gasteiger partial charge on any atom is -0.299 e. The number of carbonyl (C=O) groups is 1. The number of benzene rings is 1. The molecule has 0 radical (unpaired) electrons. The van der Waals surface area contributed by atoms with Crippen LogP contribution in [-0.2, 0) is 14.9 Å². The molecule has 0 bridgehead atoms. The van der Waals surface area contributed by atoms with E-state index in [1.165, 1.54) is 0 Å².